The van der Waals surface area contributed by atoms with Crippen molar-refractivity contribution in [3.63, 3.8) is 0 Å². The first-order valence-electron chi connectivity index (χ1n) is 12.0. The second-order valence-corrected chi connectivity index (χ2v) is 8.71. The van der Waals surface area contributed by atoms with Crippen molar-refractivity contribution in [1.29, 1.82) is 0 Å². The van der Waals surface area contributed by atoms with Gasteiger partial charge < -0.3 is 19.9 Å². The molecule has 1 saturated heterocycles. The predicted octanol–water partition coefficient (Wildman–Crippen LogP) is 4.14. The number of carbonyl (C=O) groups excluding carboxylic acids is 2. The highest BCUT2D eigenvalue weighted by molar-refractivity contribution is 6.07. The molecule has 0 aliphatic carbocycles. The molecule has 36 heavy (non-hydrogen) atoms. The van der Waals surface area contributed by atoms with Gasteiger partial charge in [-0.2, -0.15) is 0 Å². The quantitative estimate of drug-likeness (QED) is 0.449. The van der Waals surface area contributed by atoms with Gasteiger partial charge in [-0.1, -0.05) is 48.5 Å². The number of pyridine rings is 1. The summed E-state index contributed by atoms with van der Waals surface area (Å²) in [5, 5.41) is 5.01. The third-order valence-corrected chi connectivity index (χ3v) is 6.53. The van der Waals surface area contributed by atoms with Crippen LogP contribution in [0.2, 0.25) is 0 Å². The van der Waals surface area contributed by atoms with Gasteiger partial charge in [0.25, 0.3) is 11.8 Å². The third-order valence-electron chi connectivity index (χ3n) is 6.53. The van der Waals surface area contributed by atoms with Gasteiger partial charge in [-0.3, -0.25) is 9.59 Å². The first kappa shape index (κ1) is 23.4. The standard InChI is InChI=1S/C29H28N4O3/c1-36-23-13-11-21(12-14-23)20-31-28(34)26-10-5-15-30-27(26)32-16-18-33(19-17-32)29(35)25-9-4-7-22-6-2-3-8-24(22)25/h2-15H,16-20H2,1H3,(H,31,34). The Kier molecular flexibility index (Phi) is 6.80. The third kappa shape index (κ3) is 4.86. The number of piperazine rings is 1. The number of fused-ring (bicyclic) bond motifs is 1. The number of rotatable bonds is 6. The molecule has 0 unspecified atom stereocenters. The van der Waals surface area contributed by atoms with Crippen LogP contribution in [0.4, 0.5) is 5.82 Å². The minimum atomic E-state index is -0.178. The maximum Gasteiger partial charge on any atom is 0.255 e. The molecule has 7 nitrogen and oxygen atoms in total. The Morgan fingerprint density at radius 2 is 1.58 bits per heavy atom. The number of methoxy groups -OCH3 is 1. The molecule has 0 saturated carbocycles. The van der Waals surface area contributed by atoms with Crippen molar-refractivity contribution in [3.8, 4) is 5.75 Å². The fourth-order valence-electron chi connectivity index (χ4n) is 4.55. The number of amides is 2. The number of hydrogen-bond donors (Lipinski definition) is 1. The van der Waals surface area contributed by atoms with Gasteiger partial charge in [0, 0.05) is 44.5 Å². The largest absolute Gasteiger partial charge is 0.497 e. The lowest BCUT2D eigenvalue weighted by atomic mass is 10.0. The fourth-order valence-corrected chi connectivity index (χ4v) is 4.55. The lowest BCUT2D eigenvalue weighted by molar-refractivity contribution is 0.0747. The summed E-state index contributed by atoms with van der Waals surface area (Å²) in [6.45, 7) is 2.74. The van der Waals surface area contributed by atoms with E-state index in [0.717, 1.165) is 27.6 Å². The highest BCUT2D eigenvalue weighted by atomic mass is 16.5. The van der Waals surface area contributed by atoms with Crippen molar-refractivity contribution in [1.82, 2.24) is 15.2 Å². The zero-order valence-electron chi connectivity index (χ0n) is 20.2. The van der Waals surface area contributed by atoms with Crippen molar-refractivity contribution in [3.05, 3.63) is 102 Å². The van der Waals surface area contributed by atoms with Crippen LogP contribution in [-0.4, -0.2) is 55.0 Å². The molecule has 1 fully saturated rings. The summed E-state index contributed by atoms with van der Waals surface area (Å²) in [4.78, 5) is 34.8. The zero-order chi connectivity index (χ0) is 24.9. The number of nitrogens with zero attached hydrogens (tertiary/aromatic N) is 3. The molecule has 0 radical (unpaired) electrons. The van der Waals surface area contributed by atoms with E-state index in [1.165, 1.54) is 0 Å². The van der Waals surface area contributed by atoms with E-state index in [1.807, 2.05) is 71.6 Å². The van der Waals surface area contributed by atoms with Crippen molar-refractivity contribution in [2.24, 2.45) is 0 Å². The average molecular weight is 481 g/mol. The molecular formula is C29H28N4O3. The van der Waals surface area contributed by atoms with E-state index in [2.05, 4.69) is 15.2 Å². The average Bonchev–Trinajstić information content (AvgIpc) is 2.95. The molecular weight excluding hydrogens is 452 g/mol. The molecule has 1 aliphatic rings. The van der Waals surface area contributed by atoms with Crippen LogP contribution >= 0.6 is 0 Å². The van der Waals surface area contributed by atoms with E-state index in [9.17, 15) is 9.59 Å². The van der Waals surface area contributed by atoms with Gasteiger partial charge >= 0.3 is 0 Å². The van der Waals surface area contributed by atoms with E-state index in [-0.39, 0.29) is 11.8 Å². The second-order valence-electron chi connectivity index (χ2n) is 8.71. The molecule has 0 bridgehead atoms. The molecule has 5 rings (SSSR count). The number of aromatic nitrogens is 1. The summed E-state index contributed by atoms with van der Waals surface area (Å²) in [6, 6.07) is 24.9. The highest BCUT2D eigenvalue weighted by Gasteiger charge is 2.26. The second kappa shape index (κ2) is 10.5. The first-order chi connectivity index (χ1) is 17.6. The van der Waals surface area contributed by atoms with Crippen LogP contribution in [0, 0.1) is 0 Å². The summed E-state index contributed by atoms with van der Waals surface area (Å²) in [6.07, 6.45) is 1.70. The molecule has 0 spiro atoms. The SMILES string of the molecule is COc1ccc(CNC(=O)c2cccnc2N2CCN(C(=O)c3cccc4ccccc34)CC2)cc1. The van der Waals surface area contributed by atoms with E-state index in [0.29, 0.717) is 44.1 Å². The number of anilines is 1. The Balaban J connectivity index is 1.25. The predicted molar refractivity (Wildman–Crippen MR) is 140 cm³/mol. The van der Waals surface area contributed by atoms with Crippen molar-refractivity contribution >= 4 is 28.4 Å². The summed E-state index contributed by atoms with van der Waals surface area (Å²) < 4.78 is 5.19. The van der Waals surface area contributed by atoms with Gasteiger partial charge in [0.15, 0.2) is 0 Å². The molecule has 3 aromatic carbocycles. The van der Waals surface area contributed by atoms with Gasteiger partial charge in [0.05, 0.1) is 12.7 Å². The molecule has 2 heterocycles. The summed E-state index contributed by atoms with van der Waals surface area (Å²) in [5.41, 5.74) is 2.23. The van der Waals surface area contributed by atoms with Gasteiger partial charge in [0.1, 0.15) is 11.6 Å². The van der Waals surface area contributed by atoms with Crippen LogP contribution in [0.1, 0.15) is 26.3 Å². The van der Waals surface area contributed by atoms with E-state index in [1.54, 1.807) is 25.4 Å². The molecule has 1 aromatic heterocycles. The summed E-state index contributed by atoms with van der Waals surface area (Å²) in [5.74, 6) is 1.27. The van der Waals surface area contributed by atoms with E-state index >= 15 is 0 Å². The Hall–Kier alpha value is -4.39. The van der Waals surface area contributed by atoms with Crippen LogP contribution in [0.3, 0.4) is 0 Å². The smallest absolute Gasteiger partial charge is 0.255 e. The summed E-state index contributed by atoms with van der Waals surface area (Å²) >= 11 is 0. The molecule has 182 valence electrons. The molecule has 4 aromatic rings. The van der Waals surface area contributed by atoms with Crippen molar-refractivity contribution < 1.29 is 14.3 Å². The van der Waals surface area contributed by atoms with Crippen LogP contribution in [0.25, 0.3) is 10.8 Å². The van der Waals surface area contributed by atoms with Gasteiger partial charge in [0.2, 0.25) is 0 Å². The maximum absolute atomic E-state index is 13.3. The molecule has 0 atom stereocenters. The highest BCUT2D eigenvalue weighted by Crippen LogP contribution is 2.23. The summed E-state index contributed by atoms with van der Waals surface area (Å²) in [7, 11) is 1.63. The Morgan fingerprint density at radius 3 is 2.36 bits per heavy atom. The Bertz CT molecular complexity index is 1370. The first-order valence-corrected chi connectivity index (χ1v) is 12.0. The fraction of sp³-hybridized carbons (Fsp3) is 0.207. The Labute approximate surface area is 210 Å². The number of nitrogens with one attached hydrogen (secondary N) is 1. The van der Waals surface area contributed by atoms with Crippen LogP contribution in [-0.2, 0) is 6.54 Å². The molecule has 1 aliphatic heterocycles. The molecule has 2 amide bonds. The number of carbonyl (C=O) groups is 2. The maximum atomic E-state index is 13.3. The minimum Gasteiger partial charge on any atom is -0.497 e. The van der Waals surface area contributed by atoms with Gasteiger partial charge in [-0.15, -0.1) is 0 Å². The van der Waals surface area contributed by atoms with Crippen LogP contribution < -0.4 is 15.0 Å². The van der Waals surface area contributed by atoms with Crippen LogP contribution in [0.5, 0.6) is 5.75 Å². The minimum absolute atomic E-state index is 0.0323. The lowest BCUT2D eigenvalue weighted by Crippen LogP contribution is -2.49. The monoisotopic (exact) mass is 480 g/mol. The zero-order valence-corrected chi connectivity index (χ0v) is 20.2. The van der Waals surface area contributed by atoms with Crippen molar-refractivity contribution in [2.75, 3.05) is 38.2 Å². The van der Waals surface area contributed by atoms with Gasteiger partial charge in [-0.05, 0) is 46.7 Å². The number of hydrogen-bond acceptors (Lipinski definition) is 5. The topological polar surface area (TPSA) is 74.8 Å². The van der Waals surface area contributed by atoms with E-state index < -0.39 is 0 Å². The molecule has 1 N–H and O–H groups in total. The lowest BCUT2D eigenvalue weighted by Gasteiger charge is -2.36. The van der Waals surface area contributed by atoms with E-state index in [4.69, 9.17) is 4.74 Å². The normalized spacial score (nSPS) is 13.5. The Morgan fingerprint density at radius 1 is 0.861 bits per heavy atom. The molecule has 7 heteroatoms. The van der Waals surface area contributed by atoms with Crippen molar-refractivity contribution in [2.45, 2.75) is 6.54 Å². The van der Waals surface area contributed by atoms with Crippen LogP contribution in [0.15, 0.2) is 85.1 Å². The number of ether oxygens (including phenoxy) is 1. The van der Waals surface area contributed by atoms with Gasteiger partial charge in [-0.25, -0.2) is 4.98 Å². The number of benzene rings is 3.